The number of para-hydroxylation sites is 1. The van der Waals surface area contributed by atoms with Gasteiger partial charge in [-0.25, -0.2) is 4.98 Å². The van der Waals surface area contributed by atoms with Crippen LogP contribution in [-0.4, -0.2) is 52.8 Å². The molecule has 0 aliphatic heterocycles. The van der Waals surface area contributed by atoms with Gasteiger partial charge in [-0.15, -0.1) is 12.4 Å². The maximum absolute atomic E-state index is 13.3. The normalized spacial score (nSPS) is 11.0. The van der Waals surface area contributed by atoms with Crippen LogP contribution in [0, 0.1) is 6.92 Å². The van der Waals surface area contributed by atoms with Crippen molar-refractivity contribution in [2.75, 3.05) is 32.1 Å². The number of benzene rings is 1. The standard InChI is InChI=1S/C18H22ClN5OS.ClH/c1-12-11-20-23(4)16(12)17(25)24(10-6-9-22(2)3)18-21-15-13(19)7-5-8-14(15)26-18;/h5,7-8,11H,6,9-10H2,1-4H3;1H. The van der Waals surface area contributed by atoms with Crippen LogP contribution in [0.3, 0.4) is 0 Å². The lowest BCUT2D eigenvalue weighted by molar-refractivity contribution is 0.0976. The molecule has 2 heterocycles. The summed E-state index contributed by atoms with van der Waals surface area (Å²) in [6.45, 7) is 3.37. The van der Waals surface area contributed by atoms with Crippen molar-refractivity contribution in [3.63, 3.8) is 0 Å². The summed E-state index contributed by atoms with van der Waals surface area (Å²) in [6.07, 6.45) is 2.56. The van der Waals surface area contributed by atoms with Crippen LogP contribution in [-0.2, 0) is 7.05 Å². The summed E-state index contributed by atoms with van der Waals surface area (Å²) in [4.78, 5) is 21.8. The van der Waals surface area contributed by atoms with Crippen LogP contribution in [0.15, 0.2) is 24.4 Å². The summed E-state index contributed by atoms with van der Waals surface area (Å²) in [5.74, 6) is -0.0866. The van der Waals surface area contributed by atoms with Crippen LogP contribution < -0.4 is 4.90 Å². The molecule has 1 aromatic carbocycles. The van der Waals surface area contributed by atoms with Gasteiger partial charge in [-0.3, -0.25) is 14.4 Å². The van der Waals surface area contributed by atoms with Gasteiger partial charge in [0, 0.05) is 13.6 Å². The Morgan fingerprint density at radius 3 is 2.63 bits per heavy atom. The second-order valence-corrected chi connectivity index (χ2v) is 7.91. The van der Waals surface area contributed by atoms with Gasteiger partial charge in [-0.1, -0.05) is 29.0 Å². The first-order valence-electron chi connectivity index (χ1n) is 8.38. The highest BCUT2D eigenvalue weighted by atomic mass is 35.5. The maximum atomic E-state index is 13.3. The Balaban J connectivity index is 0.00000261. The molecule has 0 saturated heterocycles. The van der Waals surface area contributed by atoms with E-state index >= 15 is 0 Å². The molecule has 1 amide bonds. The quantitative estimate of drug-likeness (QED) is 0.595. The number of nitrogens with zero attached hydrogens (tertiary/aromatic N) is 5. The highest BCUT2D eigenvalue weighted by Crippen LogP contribution is 2.33. The monoisotopic (exact) mass is 427 g/mol. The number of carbonyl (C=O) groups excluding carboxylic acids is 1. The molecular weight excluding hydrogens is 405 g/mol. The van der Waals surface area contributed by atoms with Crippen molar-refractivity contribution in [1.29, 1.82) is 0 Å². The van der Waals surface area contributed by atoms with Crippen LogP contribution in [0.4, 0.5) is 5.13 Å². The first-order chi connectivity index (χ1) is 12.4. The zero-order valence-corrected chi connectivity index (χ0v) is 18.2. The van der Waals surface area contributed by atoms with Gasteiger partial charge in [0.15, 0.2) is 5.13 Å². The molecule has 3 rings (SSSR count). The van der Waals surface area contributed by atoms with E-state index in [0.717, 1.165) is 28.7 Å². The Hall–Kier alpha value is -1.67. The number of anilines is 1. The van der Waals surface area contributed by atoms with E-state index in [0.29, 0.717) is 22.4 Å². The third kappa shape index (κ3) is 4.60. The van der Waals surface area contributed by atoms with Crippen molar-refractivity contribution in [3.05, 3.63) is 40.7 Å². The van der Waals surface area contributed by atoms with Crippen molar-refractivity contribution in [1.82, 2.24) is 19.7 Å². The fourth-order valence-electron chi connectivity index (χ4n) is 2.83. The van der Waals surface area contributed by atoms with E-state index in [4.69, 9.17) is 11.6 Å². The number of hydrogen-bond acceptors (Lipinski definition) is 5. The van der Waals surface area contributed by atoms with E-state index in [1.54, 1.807) is 22.8 Å². The van der Waals surface area contributed by atoms with Gasteiger partial charge >= 0.3 is 0 Å². The minimum Gasteiger partial charge on any atom is -0.309 e. The molecule has 0 bridgehead atoms. The molecule has 9 heteroatoms. The molecule has 0 spiro atoms. The van der Waals surface area contributed by atoms with Gasteiger partial charge in [-0.2, -0.15) is 5.10 Å². The van der Waals surface area contributed by atoms with Gasteiger partial charge in [0.2, 0.25) is 0 Å². The van der Waals surface area contributed by atoms with E-state index in [2.05, 4.69) is 15.0 Å². The Morgan fingerprint density at radius 1 is 1.30 bits per heavy atom. The summed E-state index contributed by atoms with van der Waals surface area (Å²) in [6, 6.07) is 5.69. The summed E-state index contributed by atoms with van der Waals surface area (Å²) in [5, 5.41) is 5.47. The third-order valence-electron chi connectivity index (χ3n) is 4.15. The number of fused-ring (bicyclic) bond motifs is 1. The third-order valence-corrected chi connectivity index (χ3v) is 5.49. The zero-order chi connectivity index (χ0) is 18.8. The molecule has 146 valence electrons. The number of hydrogen-bond donors (Lipinski definition) is 0. The molecule has 0 unspecified atom stereocenters. The van der Waals surface area contributed by atoms with Crippen molar-refractivity contribution < 1.29 is 4.79 Å². The molecule has 0 radical (unpaired) electrons. The molecule has 0 fully saturated rings. The molecule has 0 N–H and O–H groups in total. The molecule has 0 atom stereocenters. The molecular formula is C18H23Cl2N5OS. The second-order valence-electron chi connectivity index (χ2n) is 6.50. The predicted octanol–water partition coefficient (Wildman–Crippen LogP) is 4.01. The molecule has 0 saturated carbocycles. The van der Waals surface area contributed by atoms with E-state index < -0.39 is 0 Å². The summed E-state index contributed by atoms with van der Waals surface area (Å²) in [5.41, 5.74) is 2.18. The fourth-order valence-corrected chi connectivity index (χ4v) is 4.12. The molecule has 27 heavy (non-hydrogen) atoms. The van der Waals surface area contributed by atoms with Gasteiger partial charge in [-0.05, 0) is 51.7 Å². The number of aryl methyl sites for hydroxylation is 2. The number of rotatable bonds is 6. The van der Waals surface area contributed by atoms with Gasteiger partial charge < -0.3 is 4.90 Å². The predicted molar refractivity (Wildman–Crippen MR) is 115 cm³/mol. The van der Waals surface area contributed by atoms with Crippen molar-refractivity contribution in [3.8, 4) is 0 Å². The Morgan fingerprint density at radius 2 is 2.04 bits per heavy atom. The number of halogens is 2. The van der Waals surface area contributed by atoms with Crippen molar-refractivity contribution in [2.24, 2.45) is 7.05 Å². The Labute approximate surface area is 174 Å². The molecule has 3 aromatic rings. The van der Waals surface area contributed by atoms with Gasteiger partial charge in [0.1, 0.15) is 11.2 Å². The van der Waals surface area contributed by atoms with E-state index in [-0.39, 0.29) is 18.3 Å². The number of amides is 1. The minimum absolute atomic E-state index is 0. The maximum Gasteiger partial charge on any atom is 0.278 e. The molecule has 2 aromatic heterocycles. The highest BCUT2D eigenvalue weighted by Gasteiger charge is 2.25. The SMILES string of the molecule is Cc1cnn(C)c1C(=O)N(CCCN(C)C)c1nc2c(Cl)cccc2s1.Cl. The average molecular weight is 428 g/mol. The zero-order valence-electron chi connectivity index (χ0n) is 15.8. The van der Waals surface area contributed by atoms with Gasteiger partial charge in [0.05, 0.1) is 15.9 Å². The smallest absolute Gasteiger partial charge is 0.278 e. The summed E-state index contributed by atoms with van der Waals surface area (Å²) in [7, 11) is 5.83. The second kappa shape index (κ2) is 9.01. The minimum atomic E-state index is -0.0866. The van der Waals surface area contributed by atoms with E-state index in [1.165, 1.54) is 11.3 Å². The van der Waals surface area contributed by atoms with Crippen molar-refractivity contribution in [2.45, 2.75) is 13.3 Å². The molecule has 0 aliphatic carbocycles. The topological polar surface area (TPSA) is 54.3 Å². The number of carbonyl (C=O) groups is 1. The molecule has 6 nitrogen and oxygen atoms in total. The fraction of sp³-hybridized carbons (Fsp3) is 0.389. The van der Waals surface area contributed by atoms with E-state index in [1.807, 2.05) is 39.2 Å². The van der Waals surface area contributed by atoms with Crippen LogP contribution in [0.5, 0.6) is 0 Å². The van der Waals surface area contributed by atoms with E-state index in [9.17, 15) is 4.79 Å². The number of aromatic nitrogens is 3. The van der Waals surface area contributed by atoms with Crippen LogP contribution in [0.25, 0.3) is 10.2 Å². The first-order valence-corrected chi connectivity index (χ1v) is 9.58. The van der Waals surface area contributed by atoms with Crippen molar-refractivity contribution >= 4 is 56.6 Å². The Bertz CT molecular complexity index is 918. The van der Waals surface area contributed by atoms with Gasteiger partial charge in [0.25, 0.3) is 5.91 Å². The highest BCUT2D eigenvalue weighted by molar-refractivity contribution is 7.22. The number of thiazole rings is 1. The lowest BCUT2D eigenvalue weighted by atomic mass is 10.2. The molecule has 0 aliphatic rings. The largest absolute Gasteiger partial charge is 0.309 e. The summed E-state index contributed by atoms with van der Waals surface area (Å²) < 4.78 is 2.59. The lowest BCUT2D eigenvalue weighted by Gasteiger charge is -2.21. The van der Waals surface area contributed by atoms with Crippen LogP contribution >= 0.6 is 35.3 Å². The van der Waals surface area contributed by atoms with Crippen LogP contribution in [0.2, 0.25) is 5.02 Å². The average Bonchev–Trinajstić information content (AvgIpc) is 3.15. The van der Waals surface area contributed by atoms with Crippen LogP contribution in [0.1, 0.15) is 22.5 Å². The first kappa shape index (κ1) is 21.6. The lowest BCUT2D eigenvalue weighted by Crippen LogP contribution is -2.35. The summed E-state index contributed by atoms with van der Waals surface area (Å²) >= 11 is 7.75. The Kier molecular flexibility index (Phi) is 7.22.